The summed E-state index contributed by atoms with van der Waals surface area (Å²) in [7, 11) is -1.96. The SMILES string of the molecule is C=C(C)c1cn(COCC[Si](C)(C)C)c(C)n1.Cc1nc(C(C)C)cn1COCC[Si](C)(C)C. The minimum Gasteiger partial charge on any atom is -0.361 e. The third kappa shape index (κ3) is 12.3. The van der Waals surface area contributed by atoms with Crippen LogP contribution in [0, 0.1) is 13.8 Å². The van der Waals surface area contributed by atoms with Crippen molar-refractivity contribution in [1.82, 2.24) is 19.1 Å². The van der Waals surface area contributed by atoms with E-state index < -0.39 is 16.1 Å². The zero-order valence-electron chi connectivity index (χ0n) is 23.8. The van der Waals surface area contributed by atoms with Gasteiger partial charge in [-0.1, -0.05) is 59.7 Å². The zero-order valence-corrected chi connectivity index (χ0v) is 25.8. The molecule has 0 fully saturated rings. The Kier molecular flexibility index (Phi) is 12.2. The summed E-state index contributed by atoms with van der Waals surface area (Å²) in [4.78, 5) is 8.96. The first kappa shape index (κ1) is 30.5. The predicted molar refractivity (Wildman–Crippen MR) is 151 cm³/mol. The highest BCUT2D eigenvalue weighted by Crippen LogP contribution is 2.14. The first-order chi connectivity index (χ1) is 15.6. The van der Waals surface area contributed by atoms with Crippen LogP contribution in [0.4, 0.5) is 0 Å². The number of imidazole rings is 2. The van der Waals surface area contributed by atoms with Gasteiger partial charge >= 0.3 is 0 Å². The summed E-state index contributed by atoms with van der Waals surface area (Å²) < 4.78 is 15.6. The Balaban J connectivity index is 0.000000340. The van der Waals surface area contributed by atoms with Crippen LogP contribution in [0.5, 0.6) is 0 Å². The summed E-state index contributed by atoms with van der Waals surface area (Å²) >= 11 is 0. The van der Waals surface area contributed by atoms with E-state index in [2.05, 4.69) is 80.4 Å². The minimum absolute atomic E-state index is 0.483. The summed E-state index contributed by atoms with van der Waals surface area (Å²) in [5.41, 5.74) is 3.10. The summed E-state index contributed by atoms with van der Waals surface area (Å²) in [6.45, 7) is 31.4. The van der Waals surface area contributed by atoms with Crippen LogP contribution in [0.25, 0.3) is 5.57 Å². The minimum atomic E-state index is -0.986. The molecule has 0 unspecified atom stereocenters. The largest absolute Gasteiger partial charge is 0.361 e. The van der Waals surface area contributed by atoms with Crippen molar-refractivity contribution < 1.29 is 9.47 Å². The van der Waals surface area contributed by atoms with Crippen molar-refractivity contribution >= 4 is 21.7 Å². The first-order valence-electron chi connectivity index (χ1n) is 12.5. The molecule has 0 saturated carbocycles. The van der Waals surface area contributed by atoms with Gasteiger partial charge in [0.1, 0.15) is 25.1 Å². The van der Waals surface area contributed by atoms with Gasteiger partial charge in [0.2, 0.25) is 0 Å². The fourth-order valence-corrected chi connectivity index (χ4v) is 4.38. The van der Waals surface area contributed by atoms with Gasteiger partial charge in [-0.25, -0.2) is 9.97 Å². The molecule has 0 amide bonds. The lowest BCUT2D eigenvalue weighted by Gasteiger charge is -2.15. The lowest BCUT2D eigenvalue weighted by atomic mass is 10.2. The summed E-state index contributed by atoms with van der Waals surface area (Å²) in [6.07, 6.45) is 4.11. The molecular weight excluding hydrogens is 456 g/mol. The van der Waals surface area contributed by atoms with Crippen LogP contribution in [-0.4, -0.2) is 48.5 Å². The summed E-state index contributed by atoms with van der Waals surface area (Å²) in [5, 5.41) is 0. The van der Waals surface area contributed by atoms with Gasteiger partial charge in [-0.15, -0.1) is 0 Å². The molecule has 0 atom stereocenters. The molecule has 2 heterocycles. The second-order valence-electron chi connectivity index (χ2n) is 12.0. The number of nitrogens with zero attached hydrogens (tertiary/aromatic N) is 4. The van der Waals surface area contributed by atoms with Crippen molar-refractivity contribution in [3.8, 4) is 0 Å². The van der Waals surface area contributed by atoms with Gasteiger partial charge in [0, 0.05) is 41.8 Å². The fraction of sp³-hybridized carbons (Fsp3) is 0.692. The van der Waals surface area contributed by atoms with Crippen LogP contribution < -0.4 is 0 Å². The molecule has 0 radical (unpaired) electrons. The van der Waals surface area contributed by atoms with Crippen LogP contribution in [0.1, 0.15) is 49.7 Å². The maximum atomic E-state index is 5.73. The van der Waals surface area contributed by atoms with Crippen LogP contribution in [0.3, 0.4) is 0 Å². The molecule has 0 N–H and O–H groups in total. The molecule has 2 rings (SSSR count). The monoisotopic (exact) mass is 506 g/mol. The van der Waals surface area contributed by atoms with E-state index in [9.17, 15) is 0 Å². The molecule has 0 spiro atoms. The molecule has 0 aliphatic heterocycles. The number of aryl methyl sites for hydroxylation is 2. The van der Waals surface area contributed by atoms with E-state index in [1.54, 1.807) is 0 Å². The number of rotatable bonds is 12. The van der Waals surface area contributed by atoms with Gasteiger partial charge < -0.3 is 18.6 Å². The highest BCUT2D eigenvalue weighted by atomic mass is 28.3. The molecule has 194 valence electrons. The van der Waals surface area contributed by atoms with E-state index in [1.165, 1.54) is 12.1 Å². The first-order valence-corrected chi connectivity index (χ1v) is 19.9. The van der Waals surface area contributed by atoms with E-state index in [-0.39, 0.29) is 0 Å². The molecule has 2 aromatic heterocycles. The number of hydrogen-bond acceptors (Lipinski definition) is 4. The molecule has 0 saturated heterocycles. The van der Waals surface area contributed by atoms with Crippen molar-refractivity contribution in [3.05, 3.63) is 42.0 Å². The van der Waals surface area contributed by atoms with Crippen molar-refractivity contribution in [3.63, 3.8) is 0 Å². The molecular formula is C26H50N4O2Si2. The number of aromatic nitrogens is 4. The number of ether oxygens (including phenoxy) is 2. The predicted octanol–water partition coefficient (Wildman–Crippen LogP) is 7.16. The lowest BCUT2D eigenvalue weighted by Crippen LogP contribution is -2.22. The Morgan fingerprint density at radius 3 is 1.65 bits per heavy atom. The van der Waals surface area contributed by atoms with Crippen molar-refractivity contribution in [1.29, 1.82) is 0 Å². The molecule has 6 nitrogen and oxygen atoms in total. The van der Waals surface area contributed by atoms with Gasteiger partial charge in [0.05, 0.1) is 11.4 Å². The van der Waals surface area contributed by atoms with Crippen LogP contribution >= 0.6 is 0 Å². The quantitative estimate of drug-likeness (QED) is 0.226. The Bertz CT molecular complexity index is 890. The third-order valence-corrected chi connectivity index (χ3v) is 8.86. The highest BCUT2D eigenvalue weighted by Gasteiger charge is 2.13. The van der Waals surface area contributed by atoms with Crippen molar-refractivity contribution in [2.75, 3.05) is 13.2 Å². The lowest BCUT2D eigenvalue weighted by molar-refractivity contribution is 0.0856. The Labute approximate surface area is 210 Å². The smallest absolute Gasteiger partial charge is 0.123 e. The van der Waals surface area contributed by atoms with Crippen LogP contribution in [-0.2, 0) is 22.9 Å². The van der Waals surface area contributed by atoms with E-state index in [0.717, 1.165) is 41.8 Å². The van der Waals surface area contributed by atoms with Gasteiger partial charge in [-0.05, 0) is 44.4 Å². The van der Waals surface area contributed by atoms with E-state index in [4.69, 9.17) is 9.47 Å². The Morgan fingerprint density at radius 1 is 0.853 bits per heavy atom. The second-order valence-corrected chi connectivity index (χ2v) is 23.2. The number of hydrogen-bond donors (Lipinski definition) is 0. The van der Waals surface area contributed by atoms with Gasteiger partial charge in [-0.3, -0.25) is 0 Å². The van der Waals surface area contributed by atoms with Crippen LogP contribution in [0.15, 0.2) is 19.0 Å². The normalized spacial score (nSPS) is 12.1. The van der Waals surface area contributed by atoms with Crippen LogP contribution in [0.2, 0.25) is 51.4 Å². The molecule has 8 heteroatoms. The van der Waals surface area contributed by atoms with Crippen molar-refractivity contribution in [2.45, 2.75) is 105 Å². The average Bonchev–Trinajstić information content (AvgIpc) is 3.24. The highest BCUT2D eigenvalue weighted by molar-refractivity contribution is 6.76. The van der Waals surface area contributed by atoms with E-state index in [1.807, 2.05) is 31.5 Å². The Morgan fingerprint density at radius 2 is 1.29 bits per heavy atom. The average molecular weight is 507 g/mol. The Hall–Kier alpha value is -1.49. The van der Waals surface area contributed by atoms with E-state index in [0.29, 0.717) is 19.4 Å². The molecule has 34 heavy (non-hydrogen) atoms. The number of allylic oxidation sites excluding steroid dienone is 1. The standard InChI is InChI=1S/C13H26N2OSi.C13H24N2OSi/c2*1-11(2)13-9-15(12(3)14-13)10-16-7-8-17(4,5)6/h9,11H,7-8,10H2,1-6H3;9H,1,7-8,10H2,2-6H3. The molecule has 0 aromatic carbocycles. The third-order valence-electron chi connectivity index (χ3n) is 5.45. The maximum Gasteiger partial charge on any atom is 0.123 e. The van der Waals surface area contributed by atoms with E-state index >= 15 is 0 Å². The summed E-state index contributed by atoms with van der Waals surface area (Å²) in [6, 6.07) is 2.42. The molecule has 0 aliphatic rings. The molecule has 2 aromatic rings. The fourth-order valence-electron chi connectivity index (χ4n) is 2.87. The summed E-state index contributed by atoms with van der Waals surface area (Å²) in [5.74, 6) is 2.51. The van der Waals surface area contributed by atoms with Gasteiger partial charge in [0.15, 0.2) is 0 Å². The van der Waals surface area contributed by atoms with Gasteiger partial charge in [-0.2, -0.15) is 0 Å². The zero-order chi connectivity index (χ0) is 26.1. The van der Waals surface area contributed by atoms with Gasteiger partial charge in [0.25, 0.3) is 0 Å². The topological polar surface area (TPSA) is 54.1 Å². The molecule has 0 bridgehead atoms. The second kappa shape index (κ2) is 13.6. The molecule has 0 aliphatic carbocycles. The van der Waals surface area contributed by atoms with Crippen molar-refractivity contribution in [2.24, 2.45) is 0 Å². The maximum absolute atomic E-state index is 5.73.